The van der Waals surface area contributed by atoms with E-state index in [2.05, 4.69) is 23.0 Å². The third-order valence-electron chi connectivity index (χ3n) is 4.23. The third-order valence-corrected chi connectivity index (χ3v) is 4.45. The lowest BCUT2D eigenvalue weighted by Crippen LogP contribution is -2.39. The number of fused-ring (bicyclic) bond motifs is 1. The maximum Gasteiger partial charge on any atom is 0.137 e. The first-order valence-corrected chi connectivity index (χ1v) is 7.60. The fourth-order valence-corrected chi connectivity index (χ4v) is 3.13. The molecule has 1 aliphatic rings. The van der Waals surface area contributed by atoms with Gasteiger partial charge >= 0.3 is 0 Å². The van der Waals surface area contributed by atoms with Crippen molar-refractivity contribution in [3.8, 4) is 0 Å². The van der Waals surface area contributed by atoms with Gasteiger partial charge in [0.2, 0.25) is 0 Å². The summed E-state index contributed by atoms with van der Waals surface area (Å²) in [6, 6.07) is 4.14. The van der Waals surface area contributed by atoms with Gasteiger partial charge in [0.1, 0.15) is 5.65 Å². The summed E-state index contributed by atoms with van der Waals surface area (Å²) < 4.78 is 1.99. The molecule has 0 aliphatic carbocycles. The van der Waals surface area contributed by atoms with Gasteiger partial charge in [-0.05, 0) is 50.9 Å². The topological polar surface area (TPSA) is 46.6 Å². The number of likely N-dealkylation sites (tertiary alicyclic amines) is 1. The highest BCUT2D eigenvalue weighted by Crippen LogP contribution is 2.21. The van der Waals surface area contributed by atoms with Crippen LogP contribution in [0.1, 0.15) is 25.5 Å². The van der Waals surface area contributed by atoms with Gasteiger partial charge in [0, 0.05) is 25.0 Å². The molecule has 0 saturated carbocycles. The molecule has 116 valence electrons. The van der Waals surface area contributed by atoms with E-state index in [-0.39, 0.29) is 12.4 Å². The number of hydrogen-bond donors (Lipinski definition) is 1. The fraction of sp³-hybridized carbons (Fsp3) is 0.533. The Labute approximate surface area is 136 Å². The molecule has 2 aromatic rings. The van der Waals surface area contributed by atoms with Crippen molar-refractivity contribution in [1.29, 1.82) is 0 Å². The summed E-state index contributed by atoms with van der Waals surface area (Å²) in [5.74, 6) is 0.672. The molecule has 6 heteroatoms. The molecular weight excluding hydrogens is 307 g/mol. The van der Waals surface area contributed by atoms with E-state index in [9.17, 15) is 0 Å². The van der Waals surface area contributed by atoms with Crippen LogP contribution < -0.4 is 5.73 Å². The van der Waals surface area contributed by atoms with E-state index in [1.54, 1.807) is 0 Å². The van der Waals surface area contributed by atoms with Crippen LogP contribution in [0.3, 0.4) is 0 Å². The van der Waals surface area contributed by atoms with Crippen molar-refractivity contribution >= 4 is 29.7 Å². The van der Waals surface area contributed by atoms with E-state index in [0.717, 1.165) is 36.0 Å². The summed E-state index contributed by atoms with van der Waals surface area (Å²) in [4.78, 5) is 7.10. The van der Waals surface area contributed by atoms with Crippen LogP contribution in [-0.4, -0.2) is 33.4 Å². The van der Waals surface area contributed by atoms with Gasteiger partial charge in [-0.25, -0.2) is 4.98 Å². The highest BCUT2D eigenvalue weighted by molar-refractivity contribution is 6.30. The van der Waals surface area contributed by atoms with Gasteiger partial charge in [-0.15, -0.1) is 12.4 Å². The number of aromatic nitrogens is 2. The van der Waals surface area contributed by atoms with Gasteiger partial charge in [0.25, 0.3) is 0 Å². The minimum Gasteiger partial charge on any atom is -0.328 e. The van der Waals surface area contributed by atoms with Crippen molar-refractivity contribution in [2.24, 2.45) is 11.7 Å². The minimum absolute atomic E-state index is 0. The summed E-state index contributed by atoms with van der Waals surface area (Å²) in [6.45, 7) is 5.25. The Balaban J connectivity index is 0.00000161. The van der Waals surface area contributed by atoms with Crippen molar-refractivity contribution in [1.82, 2.24) is 14.3 Å². The number of imidazole rings is 1. The van der Waals surface area contributed by atoms with E-state index < -0.39 is 0 Å². The van der Waals surface area contributed by atoms with Crippen molar-refractivity contribution < 1.29 is 0 Å². The maximum atomic E-state index is 5.99. The van der Waals surface area contributed by atoms with Crippen LogP contribution >= 0.6 is 24.0 Å². The molecule has 0 aromatic carbocycles. The zero-order chi connectivity index (χ0) is 14.1. The number of nitrogens with two attached hydrogens (primary N) is 1. The molecule has 3 heterocycles. The third kappa shape index (κ3) is 3.89. The zero-order valence-corrected chi connectivity index (χ0v) is 13.8. The largest absolute Gasteiger partial charge is 0.328 e. The first-order chi connectivity index (χ1) is 9.61. The predicted molar refractivity (Wildman–Crippen MR) is 89.1 cm³/mol. The molecule has 1 atom stereocenters. The van der Waals surface area contributed by atoms with E-state index in [1.165, 1.54) is 12.8 Å². The second-order valence-electron chi connectivity index (χ2n) is 5.82. The van der Waals surface area contributed by atoms with E-state index in [1.807, 2.05) is 22.7 Å². The van der Waals surface area contributed by atoms with Gasteiger partial charge in [-0.2, -0.15) is 0 Å². The number of nitrogens with zero attached hydrogens (tertiary/aromatic N) is 3. The molecule has 1 saturated heterocycles. The SMILES string of the molecule is CC(N)C1CCN(Cc2cn3cc(Cl)ccc3n2)CC1.Cl. The molecule has 2 aromatic heterocycles. The minimum atomic E-state index is 0. The highest BCUT2D eigenvalue weighted by atomic mass is 35.5. The highest BCUT2D eigenvalue weighted by Gasteiger charge is 2.22. The first-order valence-electron chi connectivity index (χ1n) is 7.23. The quantitative estimate of drug-likeness (QED) is 0.942. The first kappa shape index (κ1) is 16.6. The van der Waals surface area contributed by atoms with Gasteiger partial charge in [0.05, 0.1) is 10.7 Å². The molecule has 1 aliphatic heterocycles. The van der Waals surface area contributed by atoms with Crippen molar-refractivity contribution in [2.75, 3.05) is 13.1 Å². The number of pyridine rings is 1. The Morgan fingerprint density at radius 3 is 2.71 bits per heavy atom. The Morgan fingerprint density at radius 1 is 1.33 bits per heavy atom. The number of piperidine rings is 1. The van der Waals surface area contributed by atoms with Crippen molar-refractivity contribution in [2.45, 2.75) is 32.4 Å². The lowest BCUT2D eigenvalue weighted by molar-refractivity contribution is 0.164. The molecule has 0 bridgehead atoms. The normalized spacial score (nSPS) is 18.6. The molecule has 0 radical (unpaired) electrons. The Kier molecular flexibility index (Phi) is 5.49. The van der Waals surface area contributed by atoms with E-state index in [0.29, 0.717) is 12.0 Å². The van der Waals surface area contributed by atoms with Gasteiger partial charge in [-0.3, -0.25) is 4.90 Å². The molecular formula is C15H22Cl2N4. The summed E-state index contributed by atoms with van der Waals surface area (Å²) in [5.41, 5.74) is 8.04. The van der Waals surface area contributed by atoms with Crippen molar-refractivity contribution in [3.63, 3.8) is 0 Å². The molecule has 1 unspecified atom stereocenters. The molecule has 0 amide bonds. The lowest BCUT2D eigenvalue weighted by Gasteiger charge is -2.33. The van der Waals surface area contributed by atoms with Crippen LogP contribution in [0.2, 0.25) is 5.02 Å². The number of rotatable bonds is 3. The smallest absolute Gasteiger partial charge is 0.137 e. The van der Waals surface area contributed by atoms with Crippen molar-refractivity contribution in [3.05, 3.63) is 35.2 Å². The molecule has 2 N–H and O–H groups in total. The second-order valence-corrected chi connectivity index (χ2v) is 6.25. The summed E-state index contributed by atoms with van der Waals surface area (Å²) in [6.07, 6.45) is 6.35. The predicted octanol–water partition coefficient (Wildman–Crippen LogP) is 2.97. The Bertz CT molecular complexity index is 588. The molecule has 21 heavy (non-hydrogen) atoms. The van der Waals surface area contributed by atoms with Crippen LogP contribution in [0.4, 0.5) is 0 Å². The number of halogens is 2. The molecule has 3 rings (SSSR count). The van der Waals surface area contributed by atoms with Crippen LogP contribution in [0.5, 0.6) is 0 Å². The number of hydrogen-bond acceptors (Lipinski definition) is 3. The summed E-state index contributed by atoms with van der Waals surface area (Å²) >= 11 is 5.99. The summed E-state index contributed by atoms with van der Waals surface area (Å²) in [7, 11) is 0. The Hall–Kier alpha value is -0.810. The molecule has 1 fully saturated rings. The zero-order valence-electron chi connectivity index (χ0n) is 12.2. The lowest BCUT2D eigenvalue weighted by atomic mass is 9.91. The van der Waals surface area contributed by atoms with Gasteiger partial charge in [-0.1, -0.05) is 11.6 Å². The van der Waals surface area contributed by atoms with Crippen LogP contribution in [0.15, 0.2) is 24.5 Å². The van der Waals surface area contributed by atoms with E-state index >= 15 is 0 Å². The van der Waals surface area contributed by atoms with Gasteiger partial charge < -0.3 is 10.1 Å². The monoisotopic (exact) mass is 328 g/mol. The maximum absolute atomic E-state index is 5.99. The molecule has 4 nitrogen and oxygen atoms in total. The average molecular weight is 329 g/mol. The van der Waals surface area contributed by atoms with Crippen LogP contribution in [-0.2, 0) is 6.54 Å². The fourth-order valence-electron chi connectivity index (χ4n) is 2.96. The second kappa shape index (κ2) is 6.97. The summed E-state index contributed by atoms with van der Waals surface area (Å²) in [5, 5.41) is 0.735. The standard InChI is InChI=1S/C15H21ClN4.ClH/c1-11(17)12-4-6-19(7-5-12)9-14-10-20-8-13(16)2-3-15(20)18-14;/h2-3,8,10-12H,4-7,9,17H2,1H3;1H. The van der Waals surface area contributed by atoms with E-state index in [4.69, 9.17) is 17.3 Å². The Morgan fingerprint density at radius 2 is 2.05 bits per heavy atom. The van der Waals surface area contributed by atoms with Crippen LogP contribution in [0.25, 0.3) is 5.65 Å². The van der Waals surface area contributed by atoms with Crippen LogP contribution in [0, 0.1) is 5.92 Å². The van der Waals surface area contributed by atoms with Gasteiger partial charge in [0.15, 0.2) is 0 Å². The average Bonchev–Trinajstić information content (AvgIpc) is 2.80. The molecule has 0 spiro atoms.